The average Bonchev–Trinajstić information content (AvgIpc) is 2.33. The minimum atomic E-state index is -4.25. The Morgan fingerprint density at radius 1 is 1.47 bits per heavy atom. The predicted octanol–water partition coefficient (Wildman–Crippen LogP) is 0.599. The molecule has 0 amide bonds. The highest BCUT2D eigenvalue weighted by Gasteiger charge is 2.25. The molecule has 0 fully saturated rings. The van der Waals surface area contributed by atoms with Gasteiger partial charge in [0, 0.05) is 6.07 Å². The first-order valence-electron chi connectivity index (χ1n) is 4.89. The number of benzene rings is 1. The van der Waals surface area contributed by atoms with Gasteiger partial charge in [-0.25, -0.2) is 17.9 Å². The molecule has 0 saturated heterocycles. The molecule has 19 heavy (non-hydrogen) atoms. The van der Waals surface area contributed by atoms with Gasteiger partial charge in [0.15, 0.2) is 11.5 Å². The van der Waals surface area contributed by atoms with Gasteiger partial charge in [0.2, 0.25) is 10.0 Å². The molecule has 0 aliphatic heterocycles. The van der Waals surface area contributed by atoms with Gasteiger partial charge in [0.25, 0.3) is 5.69 Å². The SMILES string of the molecule is COc1c(OCCF)cc([N+](=O)[O-])cc1S(N)(=O)=O. The molecule has 2 N–H and O–H groups in total. The molecule has 8 nitrogen and oxygen atoms in total. The minimum absolute atomic E-state index is 0.265. The fraction of sp³-hybridized carbons (Fsp3) is 0.333. The van der Waals surface area contributed by atoms with Gasteiger partial charge in [-0.15, -0.1) is 0 Å². The molecule has 0 aliphatic rings. The summed E-state index contributed by atoms with van der Waals surface area (Å²) in [5, 5.41) is 15.6. The van der Waals surface area contributed by atoms with Gasteiger partial charge in [-0.1, -0.05) is 0 Å². The van der Waals surface area contributed by atoms with Crippen molar-refractivity contribution in [2.24, 2.45) is 5.14 Å². The van der Waals surface area contributed by atoms with E-state index in [1.807, 2.05) is 0 Å². The van der Waals surface area contributed by atoms with Crippen LogP contribution in [0.1, 0.15) is 0 Å². The van der Waals surface area contributed by atoms with E-state index in [4.69, 9.17) is 14.6 Å². The fourth-order valence-corrected chi connectivity index (χ4v) is 2.06. The molecule has 0 aromatic heterocycles. The maximum Gasteiger partial charge on any atom is 0.274 e. The third kappa shape index (κ3) is 3.51. The number of nitro groups is 1. The molecule has 0 radical (unpaired) electrons. The van der Waals surface area contributed by atoms with Crippen LogP contribution in [-0.4, -0.2) is 33.7 Å². The number of ether oxygens (including phenoxy) is 2. The Morgan fingerprint density at radius 3 is 2.53 bits per heavy atom. The lowest BCUT2D eigenvalue weighted by Crippen LogP contribution is -2.15. The highest BCUT2D eigenvalue weighted by Crippen LogP contribution is 2.37. The van der Waals surface area contributed by atoms with E-state index in [0.717, 1.165) is 19.2 Å². The molecular formula is C9H11FN2O6S. The van der Waals surface area contributed by atoms with Crippen LogP contribution in [0.4, 0.5) is 10.1 Å². The number of halogens is 1. The van der Waals surface area contributed by atoms with E-state index in [1.54, 1.807) is 0 Å². The molecule has 0 saturated carbocycles. The number of hydrogen-bond donors (Lipinski definition) is 1. The molecule has 10 heteroatoms. The van der Waals surface area contributed by atoms with Crippen LogP contribution < -0.4 is 14.6 Å². The van der Waals surface area contributed by atoms with Crippen molar-refractivity contribution in [1.82, 2.24) is 0 Å². The van der Waals surface area contributed by atoms with Crippen LogP contribution in [0.15, 0.2) is 17.0 Å². The second-order valence-corrected chi connectivity index (χ2v) is 4.84. The van der Waals surface area contributed by atoms with Crippen LogP contribution in [0.3, 0.4) is 0 Å². The van der Waals surface area contributed by atoms with E-state index >= 15 is 0 Å². The Morgan fingerprint density at radius 2 is 2.11 bits per heavy atom. The molecule has 1 aromatic rings. The third-order valence-electron chi connectivity index (χ3n) is 2.06. The quantitative estimate of drug-likeness (QED) is 0.605. The fourth-order valence-electron chi connectivity index (χ4n) is 1.34. The van der Waals surface area contributed by atoms with Crippen LogP contribution in [0, 0.1) is 10.1 Å². The number of hydrogen-bond acceptors (Lipinski definition) is 6. The summed E-state index contributed by atoms with van der Waals surface area (Å²) < 4.78 is 44.5. The van der Waals surface area contributed by atoms with Crippen LogP contribution in [-0.2, 0) is 10.0 Å². The Bertz CT molecular complexity index is 589. The number of primary sulfonamides is 1. The van der Waals surface area contributed by atoms with Crippen molar-refractivity contribution in [3.05, 3.63) is 22.2 Å². The lowest BCUT2D eigenvalue weighted by Gasteiger charge is -2.12. The van der Waals surface area contributed by atoms with Gasteiger partial charge in [-0.3, -0.25) is 10.1 Å². The molecule has 1 rings (SSSR count). The standard InChI is InChI=1S/C9H11FN2O6S/c1-17-9-7(18-3-2-10)4-6(12(13)14)5-8(9)19(11,15)16/h4-5H,2-3H2,1H3,(H2,11,15,16). The molecule has 106 valence electrons. The number of nitrogens with zero attached hydrogens (tertiary/aromatic N) is 1. The zero-order chi connectivity index (χ0) is 14.6. The van der Waals surface area contributed by atoms with Crippen molar-refractivity contribution in [2.75, 3.05) is 20.4 Å². The Kier molecular flexibility index (Phi) is 4.62. The Hall–Kier alpha value is -1.94. The van der Waals surface area contributed by atoms with E-state index in [9.17, 15) is 22.9 Å². The molecule has 0 aliphatic carbocycles. The van der Waals surface area contributed by atoms with Crippen molar-refractivity contribution in [1.29, 1.82) is 0 Å². The van der Waals surface area contributed by atoms with Gasteiger partial charge in [0.05, 0.1) is 18.1 Å². The number of nitro benzene ring substituents is 1. The molecule has 0 heterocycles. The van der Waals surface area contributed by atoms with Crippen molar-refractivity contribution in [2.45, 2.75) is 4.90 Å². The smallest absolute Gasteiger partial charge is 0.274 e. The summed E-state index contributed by atoms with van der Waals surface area (Å²) in [5.74, 6) is -0.570. The Balaban J connectivity index is 3.51. The summed E-state index contributed by atoms with van der Waals surface area (Å²) in [7, 11) is -3.12. The van der Waals surface area contributed by atoms with Crippen molar-refractivity contribution in [3.8, 4) is 11.5 Å². The van der Waals surface area contributed by atoms with E-state index in [-0.39, 0.29) is 11.5 Å². The van der Waals surface area contributed by atoms with Crippen LogP contribution >= 0.6 is 0 Å². The summed E-state index contributed by atoms with van der Waals surface area (Å²) in [6, 6.07) is 1.68. The minimum Gasteiger partial charge on any atom is -0.492 e. The molecular weight excluding hydrogens is 283 g/mol. The average molecular weight is 294 g/mol. The third-order valence-corrected chi connectivity index (χ3v) is 2.98. The maximum absolute atomic E-state index is 12.1. The van der Waals surface area contributed by atoms with Crippen molar-refractivity contribution >= 4 is 15.7 Å². The number of methoxy groups -OCH3 is 1. The summed E-state index contributed by atoms with van der Waals surface area (Å²) in [6.45, 7) is -1.25. The van der Waals surface area contributed by atoms with Gasteiger partial charge < -0.3 is 9.47 Å². The van der Waals surface area contributed by atoms with E-state index < -0.39 is 38.8 Å². The first-order valence-corrected chi connectivity index (χ1v) is 6.44. The highest BCUT2D eigenvalue weighted by molar-refractivity contribution is 7.89. The summed E-state index contributed by atoms with van der Waals surface area (Å²) >= 11 is 0. The van der Waals surface area contributed by atoms with Crippen LogP contribution in [0.25, 0.3) is 0 Å². The lowest BCUT2D eigenvalue weighted by molar-refractivity contribution is -0.385. The second kappa shape index (κ2) is 5.80. The lowest BCUT2D eigenvalue weighted by atomic mass is 10.3. The number of alkyl halides is 1. The first kappa shape index (κ1) is 15.1. The largest absolute Gasteiger partial charge is 0.492 e. The summed E-state index contributed by atoms with van der Waals surface area (Å²) in [6.07, 6.45) is 0. The van der Waals surface area contributed by atoms with Gasteiger partial charge in [-0.2, -0.15) is 0 Å². The molecule has 0 atom stereocenters. The first-order chi connectivity index (χ1) is 8.81. The summed E-state index contributed by atoms with van der Waals surface area (Å²) in [5.41, 5.74) is -0.557. The number of rotatable bonds is 6. The zero-order valence-corrected chi connectivity index (χ0v) is 10.6. The van der Waals surface area contributed by atoms with E-state index in [0.29, 0.717) is 0 Å². The van der Waals surface area contributed by atoms with Gasteiger partial charge >= 0.3 is 0 Å². The van der Waals surface area contributed by atoms with Gasteiger partial charge in [-0.05, 0) is 0 Å². The topological polar surface area (TPSA) is 122 Å². The molecule has 0 unspecified atom stereocenters. The van der Waals surface area contributed by atoms with Gasteiger partial charge in [0.1, 0.15) is 18.2 Å². The number of sulfonamides is 1. The van der Waals surface area contributed by atoms with Crippen LogP contribution in [0.2, 0.25) is 0 Å². The normalized spacial score (nSPS) is 11.1. The molecule has 0 bridgehead atoms. The molecule has 1 aromatic carbocycles. The monoisotopic (exact) mass is 294 g/mol. The van der Waals surface area contributed by atoms with E-state index in [2.05, 4.69) is 0 Å². The van der Waals surface area contributed by atoms with Crippen molar-refractivity contribution in [3.63, 3.8) is 0 Å². The molecule has 0 spiro atoms. The Labute approximate surface area is 108 Å². The summed E-state index contributed by atoms with van der Waals surface area (Å²) in [4.78, 5) is 9.28. The number of nitrogens with two attached hydrogens (primary N) is 1. The van der Waals surface area contributed by atoms with Crippen LogP contribution in [0.5, 0.6) is 11.5 Å². The zero-order valence-electron chi connectivity index (χ0n) is 9.83. The maximum atomic E-state index is 12.1. The van der Waals surface area contributed by atoms with Crippen molar-refractivity contribution < 1.29 is 27.2 Å². The predicted molar refractivity (Wildman–Crippen MR) is 62.5 cm³/mol. The second-order valence-electron chi connectivity index (χ2n) is 3.31. The number of non-ortho nitro benzene ring substituents is 1. The highest BCUT2D eigenvalue weighted by atomic mass is 32.2. The van der Waals surface area contributed by atoms with E-state index in [1.165, 1.54) is 0 Å².